The highest BCUT2D eigenvalue weighted by molar-refractivity contribution is 6.00. The van der Waals surface area contributed by atoms with Gasteiger partial charge in [-0.25, -0.2) is 4.98 Å². The summed E-state index contributed by atoms with van der Waals surface area (Å²) in [5.74, 6) is 1.18. The minimum absolute atomic E-state index is 0.194. The van der Waals surface area contributed by atoms with Gasteiger partial charge in [0.25, 0.3) is 5.91 Å². The SMILES string of the molecule is C=C1CCNC(=O)c2cnn3c(NC)cc(nc23)Nc2cccc1c2. The monoisotopic (exact) mass is 334 g/mol. The summed E-state index contributed by atoms with van der Waals surface area (Å²) in [5, 5.41) is 13.6. The molecule has 4 rings (SSSR count). The average Bonchev–Trinajstić information content (AvgIpc) is 3.04. The predicted molar refractivity (Wildman–Crippen MR) is 98.2 cm³/mol. The number of aromatic nitrogens is 3. The van der Waals surface area contributed by atoms with Gasteiger partial charge in [0.2, 0.25) is 0 Å². The van der Waals surface area contributed by atoms with Crippen molar-refractivity contribution in [1.82, 2.24) is 19.9 Å². The molecule has 1 aliphatic rings. The van der Waals surface area contributed by atoms with E-state index in [-0.39, 0.29) is 5.91 Å². The standard InChI is InChI=1S/C18H18N6O/c1-11-6-7-20-18(25)14-10-21-24-16(19-2)9-15(23-17(14)24)22-13-5-3-4-12(11)8-13/h3-5,8-10,19H,1,6-7H2,2H3,(H,20,25)(H,22,23). The van der Waals surface area contributed by atoms with E-state index in [0.717, 1.165) is 22.6 Å². The zero-order chi connectivity index (χ0) is 17.4. The van der Waals surface area contributed by atoms with E-state index in [0.29, 0.717) is 30.0 Å². The molecule has 0 aliphatic carbocycles. The van der Waals surface area contributed by atoms with Crippen LogP contribution >= 0.6 is 0 Å². The number of hydrogen-bond donors (Lipinski definition) is 3. The maximum absolute atomic E-state index is 12.5. The zero-order valence-electron chi connectivity index (χ0n) is 13.8. The number of fused-ring (bicyclic) bond motifs is 3. The van der Waals surface area contributed by atoms with Crippen LogP contribution in [-0.4, -0.2) is 34.1 Å². The molecule has 0 saturated carbocycles. The van der Waals surface area contributed by atoms with Crippen molar-refractivity contribution in [2.24, 2.45) is 0 Å². The molecule has 3 aromatic rings. The lowest BCUT2D eigenvalue weighted by Crippen LogP contribution is -2.24. The molecule has 2 aromatic heterocycles. The maximum atomic E-state index is 12.5. The summed E-state index contributed by atoms with van der Waals surface area (Å²) in [4.78, 5) is 17.1. The van der Waals surface area contributed by atoms with E-state index in [1.165, 1.54) is 6.20 Å². The Morgan fingerprint density at radius 3 is 3.04 bits per heavy atom. The van der Waals surface area contributed by atoms with Gasteiger partial charge in [-0.05, 0) is 29.7 Å². The van der Waals surface area contributed by atoms with Crippen LogP contribution in [0.3, 0.4) is 0 Å². The highest BCUT2D eigenvalue weighted by Crippen LogP contribution is 2.25. The summed E-state index contributed by atoms with van der Waals surface area (Å²) in [5.41, 5.74) is 3.87. The van der Waals surface area contributed by atoms with Crippen LogP contribution in [0.4, 0.5) is 17.3 Å². The maximum Gasteiger partial charge on any atom is 0.256 e. The molecule has 1 aromatic carbocycles. The minimum atomic E-state index is -0.194. The lowest BCUT2D eigenvalue weighted by molar-refractivity contribution is 0.0956. The number of hydrogen-bond acceptors (Lipinski definition) is 5. The highest BCUT2D eigenvalue weighted by Gasteiger charge is 2.17. The van der Waals surface area contributed by atoms with Crippen LogP contribution < -0.4 is 16.0 Å². The Hall–Kier alpha value is -3.35. The summed E-state index contributed by atoms with van der Waals surface area (Å²) >= 11 is 0. The number of carbonyl (C=O) groups is 1. The molecule has 0 fully saturated rings. The van der Waals surface area contributed by atoms with Crippen LogP contribution in [0.1, 0.15) is 22.3 Å². The first-order valence-electron chi connectivity index (χ1n) is 8.05. The fourth-order valence-electron chi connectivity index (χ4n) is 2.90. The summed E-state index contributed by atoms with van der Waals surface area (Å²) in [6.45, 7) is 4.63. The van der Waals surface area contributed by atoms with E-state index in [9.17, 15) is 4.79 Å². The number of nitrogens with one attached hydrogen (secondary N) is 3. The third-order valence-electron chi connectivity index (χ3n) is 4.23. The Morgan fingerprint density at radius 2 is 2.20 bits per heavy atom. The fourth-order valence-corrected chi connectivity index (χ4v) is 2.90. The highest BCUT2D eigenvalue weighted by atomic mass is 16.1. The van der Waals surface area contributed by atoms with Gasteiger partial charge in [-0.3, -0.25) is 4.79 Å². The Labute approximate surface area is 144 Å². The Morgan fingerprint density at radius 1 is 1.32 bits per heavy atom. The minimum Gasteiger partial charge on any atom is -0.373 e. The second-order valence-electron chi connectivity index (χ2n) is 5.89. The zero-order valence-corrected chi connectivity index (χ0v) is 13.8. The van der Waals surface area contributed by atoms with E-state index < -0.39 is 0 Å². The third kappa shape index (κ3) is 2.69. The van der Waals surface area contributed by atoms with Crippen molar-refractivity contribution < 1.29 is 4.79 Å². The number of amides is 1. The van der Waals surface area contributed by atoms with Gasteiger partial charge in [-0.2, -0.15) is 9.61 Å². The van der Waals surface area contributed by atoms with Crippen molar-refractivity contribution >= 4 is 34.5 Å². The molecule has 25 heavy (non-hydrogen) atoms. The van der Waals surface area contributed by atoms with Gasteiger partial charge in [-0.15, -0.1) is 0 Å². The Balaban J connectivity index is 1.90. The lowest BCUT2D eigenvalue weighted by atomic mass is 10.0. The molecule has 7 nitrogen and oxygen atoms in total. The quantitative estimate of drug-likeness (QED) is 0.637. The predicted octanol–water partition coefficient (Wildman–Crippen LogP) is 2.66. The van der Waals surface area contributed by atoms with Gasteiger partial charge in [-0.1, -0.05) is 18.7 Å². The van der Waals surface area contributed by atoms with Gasteiger partial charge in [0.15, 0.2) is 5.65 Å². The van der Waals surface area contributed by atoms with Crippen LogP contribution in [-0.2, 0) is 0 Å². The van der Waals surface area contributed by atoms with Crippen molar-refractivity contribution in [3.8, 4) is 0 Å². The van der Waals surface area contributed by atoms with E-state index in [1.807, 2.05) is 30.3 Å². The molecule has 1 amide bonds. The van der Waals surface area contributed by atoms with Crippen LogP contribution in [0.15, 0.2) is 43.1 Å². The number of anilines is 3. The van der Waals surface area contributed by atoms with Crippen molar-refractivity contribution in [2.75, 3.05) is 24.2 Å². The first-order chi connectivity index (χ1) is 12.2. The first kappa shape index (κ1) is 15.2. The molecule has 0 radical (unpaired) electrons. The number of nitrogens with zero attached hydrogens (tertiary/aromatic N) is 3. The third-order valence-corrected chi connectivity index (χ3v) is 4.23. The van der Waals surface area contributed by atoms with Crippen LogP contribution in [0, 0.1) is 0 Å². The molecule has 0 saturated heterocycles. The molecule has 4 bridgehead atoms. The molecular weight excluding hydrogens is 316 g/mol. The van der Waals surface area contributed by atoms with E-state index >= 15 is 0 Å². The molecule has 3 heterocycles. The van der Waals surface area contributed by atoms with E-state index in [1.54, 1.807) is 11.6 Å². The van der Waals surface area contributed by atoms with E-state index in [2.05, 4.69) is 32.6 Å². The molecule has 7 heteroatoms. The van der Waals surface area contributed by atoms with Gasteiger partial charge >= 0.3 is 0 Å². The van der Waals surface area contributed by atoms with Crippen LogP contribution in [0.25, 0.3) is 11.2 Å². The summed E-state index contributed by atoms with van der Waals surface area (Å²) in [6.07, 6.45) is 2.21. The van der Waals surface area contributed by atoms with Gasteiger partial charge in [0.1, 0.15) is 17.2 Å². The number of rotatable bonds is 1. The van der Waals surface area contributed by atoms with Crippen molar-refractivity contribution in [3.63, 3.8) is 0 Å². The molecule has 3 N–H and O–H groups in total. The smallest absolute Gasteiger partial charge is 0.256 e. The van der Waals surface area contributed by atoms with Gasteiger partial charge < -0.3 is 16.0 Å². The number of carbonyl (C=O) groups excluding carboxylic acids is 1. The normalized spacial score (nSPS) is 14.3. The Bertz CT molecular complexity index is 990. The van der Waals surface area contributed by atoms with Gasteiger partial charge in [0, 0.05) is 25.3 Å². The van der Waals surface area contributed by atoms with Crippen LogP contribution in [0.2, 0.25) is 0 Å². The largest absolute Gasteiger partial charge is 0.373 e. The molecular formula is C18H18N6O. The summed E-state index contributed by atoms with van der Waals surface area (Å²) in [6, 6.07) is 9.84. The van der Waals surface area contributed by atoms with Crippen molar-refractivity contribution in [3.05, 3.63) is 54.2 Å². The fraction of sp³-hybridized carbons (Fsp3) is 0.167. The topological polar surface area (TPSA) is 83.4 Å². The average molecular weight is 334 g/mol. The van der Waals surface area contributed by atoms with E-state index in [4.69, 9.17) is 0 Å². The number of benzene rings is 1. The molecule has 0 atom stereocenters. The molecule has 0 unspecified atom stereocenters. The lowest BCUT2D eigenvalue weighted by Gasteiger charge is -2.11. The molecule has 126 valence electrons. The Kier molecular flexibility index (Phi) is 3.61. The summed E-state index contributed by atoms with van der Waals surface area (Å²) < 4.78 is 1.62. The van der Waals surface area contributed by atoms with Crippen molar-refractivity contribution in [1.29, 1.82) is 0 Å². The van der Waals surface area contributed by atoms with Crippen LogP contribution in [0.5, 0.6) is 0 Å². The van der Waals surface area contributed by atoms with Gasteiger partial charge in [0.05, 0.1) is 6.20 Å². The second kappa shape index (κ2) is 5.94. The first-order valence-corrected chi connectivity index (χ1v) is 8.05. The molecule has 0 spiro atoms. The molecule has 1 aliphatic heterocycles. The van der Waals surface area contributed by atoms with Crippen molar-refractivity contribution in [2.45, 2.75) is 6.42 Å². The summed E-state index contributed by atoms with van der Waals surface area (Å²) in [7, 11) is 1.80. The second-order valence-corrected chi connectivity index (χ2v) is 5.89.